The second-order valence-electron chi connectivity index (χ2n) is 1.51. The van der Waals surface area contributed by atoms with Crippen molar-refractivity contribution in [1.29, 1.82) is 0 Å². The Morgan fingerprint density at radius 2 is 2.18 bits per heavy atom. The zero-order chi connectivity index (χ0) is 8.69. The minimum absolute atomic E-state index is 0.250. The summed E-state index contributed by atoms with van der Waals surface area (Å²) in [5.74, 6) is 0.549. The van der Waals surface area contributed by atoms with Crippen LogP contribution in [0, 0.1) is 0 Å². The number of hydrogen-bond acceptors (Lipinski definition) is 3. The molecule has 4 nitrogen and oxygen atoms in total. The predicted molar refractivity (Wildman–Crippen MR) is 45.0 cm³/mol. The smallest absolute Gasteiger partial charge is 0.290 e. The summed E-state index contributed by atoms with van der Waals surface area (Å²) < 4.78 is 0.951. The van der Waals surface area contributed by atoms with E-state index in [9.17, 15) is 0 Å². The molecule has 1 rings (SSSR count). The van der Waals surface area contributed by atoms with Crippen LogP contribution < -0.4 is 5.73 Å². The molecular weight excluding hydrogens is 212 g/mol. The standard InChI is InChI=1S/C5H5BrN2.CH2O2/c6-4-1-2-5(7)8-3-4;2-1-3/h1-3H,(H2,7,8);1H,(H,2,3). The predicted octanol–water partition coefficient (Wildman–Crippen LogP) is 1.13. The second kappa shape index (κ2) is 5.67. The van der Waals surface area contributed by atoms with Gasteiger partial charge in [0.05, 0.1) is 0 Å². The van der Waals surface area contributed by atoms with Crippen molar-refractivity contribution < 1.29 is 9.90 Å². The molecule has 1 heterocycles. The van der Waals surface area contributed by atoms with Gasteiger partial charge in [0.25, 0.3) is 6.47 Å². The Morgan fingerprint density at radius 3 is 2.45 bits per heavy atom. The number of pyridine rings is 1. The maximum atomic E-state index is 8.36. The Morgan fingerprint density at radius 1 is 1.64 bits per heavy atom. The van der Waals surface area contributed by atoms with Crippen LogP contribution in [0.5, 0.6) is 0 Å². The summed E-state index contributed by atoms with van der Waals surface area (Å²) in [5, 5.41) is 6.89. The SMILES string of the molecule is Nc1ccc(Br)cn1.O=CO. The van der Waals surface area contributed by atoms with Gasteiger partial charge in [-0.25, -0.2) is 4.98 Å². The maximum absolute atomic E-state index is 8.36. The third kappa shape index (κ3) is 5.35. The Hall–Kier alpha value is -1.10. The first-order valence-electron chi connectivity index (χ1n) is 2.65. The van der Waals surface area contributed by atoms with Gasteiger partial charge < -0.3 is 10.8 Å². The molecule has 0 bridgehead atoms. The van der Waals surface area contributed by atoms with Gasteiger partial charge in [0, 0.05) is 10.7 Å². The number of carbonyl (C=O) groups is 1. The lowest BCUT2D eigenvalue weighted by Gasteiger charge is -1.88. The highest BCUT2D eigenvalue weighted by atomic mass is 79.9. The molecule has 0 aliphatic heterocycles. The van der Waals surface area contributed by atoms with Gasteiger partial charge in [-0.05, 0) is 28.1 Å². The molecule has 0 spiro atoms. The number of nitrogens with zero attached hydrogens (tertiary/aromatic N) is 1. The lowest BCUT2D eigenvalue weighted by atomic mass is 10.5. The summed E-state index contributed by atoms with van der Waals surface area (Å²) in [6, 6.07) is 3.59. The topological polar surface area (TPSA) is 76.2 Å². The Bertz CT molecular complexity index is 191. The highest BCUT2D eigenvalue weighted by molar-refractivity contribution is 9.10. The zero-order valence-electron chi connectivity index (χ0n) is 5.57. The van der Waals surface area contributed by atoms with E-state index in [2.05, 4.69) is 20.9 Å². The fourth-order valence-corrected chi connectivity index (χ4v) is 0.622. The van der Waals surface area contributed by atoms with Gasteiger partial charge in [-0.1, -0.05) is 0 Å². The fourth-order valence-electron chi connectivity index (χ4n) is 0.387. The first kappa shape index (κ1) is 9.90. The van der Waals surface area contributed by atoms with Gasteiger partial charge in [-0.15, -0.1) is 0 Å². The van der Waals surface area contributed by atoms with E-state index in [1.54, 1.807) is 12.3 Å². The molecule has 0 saturated heterocycles. The van der Waals surface area contributed by atoms with E-state index in [0.717, 1.165) is 4.47 Å². The Labute approximate surface area is 72.2 Å². The Balaban J connectivity index is 0.000000292. The van der Waals surface area contributed by atoms with Crippen molar-refractivity contribution in [2.45, 2.75) is 0 Å². The molecule has 0 unspecified atom stereocenters. The number of aromatic nitrogens is 1. The van der Waals surface area contributed by atoms with Gasteiger partial charge in [0.15, 0.2) is 0 Å². The zero-order valence-corrected chi connectivity index (χ0v) is 7.15. The minimum Gasteiger partial charge on any atom is -0.483 e. The fraction of sp³-hybridized carbons (Fsp3) is 0. The van der Waals surface area contributed by atoms with E-state index in [0.29, 0.717) is 5.82 Å². The molecule has 0 radical (unpaired) electrons. The number of nitrogens with two attached hydrogens (primary N) is 1. The number of carboxylic acid groups (broad SMARTS) is 1. The van der Waals surface area contributed by atoms with E-state index < -0.39 is 0 Å². The van der Waals surface area contributed by atoms with Crippen molar-refractivity contribution in [1.82, 2.24) is 4.98 Å². The van der Waals surface area contributed by atoms with Crippen LogP contribution in [0.25, 0.3) is 0 Å². The molecule has 0 aliphatic rings. The minimum atomic E-state index is -0.250. The normalized spacial score (nSPS) is 7.73. The Kier molecular flexibility index (Phi) is 5.10. The van der Waals surface area contributed by atoms with Crippen LogP contribution in [0.15, 0.2) is 22.8 Å². The molecule has 1 aromatic heterocycles. The van der Waals surface area contributed by atoms with Gasteiger partial charge in [-0.3, -0.25) is 4.79 Å². The van der Waals surface area contributed by atoms with Crippen molar-refractivity contribution in [2.24, 2.45) is 0 Å². The molecule has 60 valence electrons. The first-order valence-corrected chi connectivity index (χ1v) is 3.45. The van der Waals surface area contributed by atoms with Crippen LogP contribution in [-0.2, 0) is 4.79 Å². The van der Waals surface area contributed by atoms with E-state index in [1.807, 2.05) is 6.07 Å². The summed E-state index contributed by atoms with van der Waals surface area (Å²) in [6.45, 7) is -0.250. The van der Waals surface area contributed by atoms with Crippen LogP contribution >= 0.6 is 15.9 Å². The van der Waals surface area contributed by atoms with Crippen LogP contribution in [-0.4, -0.2) is 16.6 Å². The molecule has 0 aromatic carbocycles. The summed E-state index contributed by atoms with van der Waals surface area (Å²) in [4.78, 5) is 12.2. The van der Waals surface area contributed by atoms with Gasteiger partial charge in [-0.2, -0.15) is 0 Å². The molecule has 0 saturated carbocycles. The average Bonchev–Trinajstić information content (AvgIpc) is 1.97. The molecule has 0 fully saturated rings. The highest BCUT2D eigenvalue weighted by Crippen LogP contribution is 2.07. The number of rotatable bonds is 0. The molecule has 5 heteroatoms. The maximum Gasteiger partial charge on any atom is 0.290 e. The quantitative estimate of drug-likeness (QED) is 0.641. The summed E-state index contributed by atoms with van der Waals surface area (Å²) >= 11 is 3.23. The highest BCUT2D eigenvalue weighted by Gasteiger charge is 1.83. The molecule has 0 aliphatic carbocycles. The van der Waals surface area contributed by atoms with E-state index in [1.165, 1.54) is 0 Å². The van der Waals surface area contributed by atoms with Crippen LogP contribution in [0.1, 0.15) is 0 Å². The van der Waals surface area contributed by atoms with Gasteiger partial charge >= 0.3 is 0 Å². The number of hydrogen-bond donors (Lipinski definition) is 2. The number of halogens is 1. The van der Waals surface area contributed by atoms with Crippen LogP contribution in [0.2, 0.25) is 0 Å². The average molecular weight is 219 g/mol. The number of nitrogen functional groups attached to an aromatic ring is 1. The molecule has 3 N–H and O–H groups in total. The largest absolute Gasteiger partial charge is 0.483 e. The van der Waals surface area contributed by atoms with E-state index >= 15 is 0 Å². The van der Waals surface area contributed by atoms with E-state index in [-0.39, 0.29) is 6.47 Å². The van der Waals surface area contributed by atoms with Crippen LogP contribution in [0.4, 0.5) is 5.82 Å². The van der Waals surface area contributed by atoms with Crippen molar-refractivity contribution >= 4 is 28.2 Å². The molecule has 1 aromatic rings. The van der Waals surface area contributed by atoms with Crippen molar-refractivity contribution in [3.8, 4) is 0 Å². The monoisotopic (exact) mass is 218 g/mol. The summed E-state index contributed by atoms with van der Waals surface area (Å²) in [6.07, 6.45) is 1.66. The number of anilines is 1. The van der Waals surface area contributed by atoms with Crippen molar-refractivity contribution in [3.63, 3.8) is 0 Å². The lowest BCUT2D eigenvalue weighted by Crippen LogP contribution is -1.86. The third-order valence-electron chi connectivity index (χ3n) is 0.750. The first-order chi connectivity index (χ1) is 5.20. The molecule has 0 amide bonds. The molecule has 0 atom stereocenters. The molecule has 11 heavy (non-hydrogen) atoms. The van der Waals surface area contributed by atoms with Gasteiger partial charge in [0.1, 0.15) is 5.82 Å². The van der Waals surface area contributed by atoms with Crippen LogP contribution in [0.3, 0.4) is 0 Å². The van der Waals surface area contributed by atoms with Crippen molar-refractivity contribution in [2.75, 3.05) is 5.73 Å². The lowest BCUT2D eigenvalue weighted by molar-refractivity contribution is -0.122. The molecular formula is C6H7BrN2O2. The third-order valence-corrected chi connectivity index (χ3v) is 1.22. The van der Waals surface area contributed by atoms with Crippen molar-refractivity contribution in [3.05, 3.63) is 22.8 Å². The summed E-state index contributed by atoms with van der Waals surface area (Å²) in [7, 11) is 0. The van der Waals surface area contributed by atoms with Gasteiger partial charge in [0.2, 0.25) is 0 Å². The van der Waals surface area contributed by atoms with E-state index in [4.69, 9.17) is 15.6 Å². The second-order valence-corrected chi connectivity index (χ2v) is 2.42. The summed E-state index contributed by atoms with van der Waals surface area (Å²) in [5.41, 5.74) is 5.29.